The average Bonchev–Trinajstić information content (AvgIpc) is 2.06. The molecule has 0 unspecified atom stereocenters. The molecule has 0 bridgehead atoms. The van der Waals surface area contributed by atoms with Crippen molar-refractivity contribution in [1.82, 2.24) is 0 Å². The molecule has 4 heteroatoms. The quantitative estimate of drug-likeness (QED) is 0.402. The van der Waals surface area contributed by atoms with Crippen LogP contribution in [-0.2, 0) is 0 Å². The maximum absolute atomic E-state index is 8.25. The van der Waals surface area contributed by atoms with Gasteiger partial charge in [-0.1, -0.05) is 12.6 Å². The van der Waals surface area contributed by atoms with Crippen molar-refractivity contribution in [3.8, 4) is 0 Å². The molecule has 0 spiro atoms. The Hall–Kier alpha value is 0.0499. The van der Waals surface area contributed by atoms with Gasteiger partial charge in [0.05, 0.1) is 0 Å². The SMILES string of the molecule is OB(O)B1CC1. The third-order valence-corrected chi connectivity index (χ3v) is 1.04. The fourth-order valence-electron chi connectivity index (χ4n) is 0.394. The molecule has 1 rings (SSSR count). The lowest BCUT2D eigenvalue weighted by Gasteiger charge is -1.82. The van der Waals surface area contributed by atoms with Crippen molar-refractivity contribution in [3.05, 3.63) is 0 Å². The van der Waals surface area contributed by atoms with E-state index in [-0.39, 0.29) is 6.60 Å². The summed E-state index contributed by atoms with van der Waals surface area (Å²) >= 11 is 0. The highest BCUT2D eigenvalue weighted by Gasteiger charge is 2.37. The van der Waals surface area contributed by atoms with Crippen LogP contribution in [0.1, 0.15) is 0 Å². The largest absolute Gasteiger partial charge is 0.433 e. The maximum Gasteiger partial charge on any atom is 0.401 e. The van der Waals surface area contributed by atoms with Gasteiger partial charge in [0.15, 0.2) is 6.60 Å². The Kier molecular flexibility index (Phi) is 0.898. The molecule has 0 aliphatic carbocycles. The topological polar surface area (TPSA) is 40.5 Å². The molecule has 0 saturated carbocycles. The van der Waals surface area contributed by atoms with E-state index in [4.69, 9.17) is 10.0 Å². The lowest BCUT2D eigenvalue weighted by Crippen LogP contribution is -2.22. The molecule has 0 aromatic carbocycles. The summed E-state index contributed by atoms with van der Waals surface area (Å²) in [5, 5.41) is 16.5. The van der Waals surface area contributed by atoms with Gasteiger partial charge in [0.1, 0.15) is 0 Å². The monoisotopic (exact) mass is 84.1 g/mol. The van der Waals surface area contributed by atoms with E-state index in [9.17, 15) is 0 Å². The van der Waals surface area contributed by atoms with Crippen molar-refractivity contribution >= 4 is 13.6 Å². The number of hydrogen-bond donors (Lipinski definition) is 2. The van der Waals surface area contributed by atoms with E-state index < -0.39 is 7.01 Å². The van der Waals surface area contributed by atoms with Gasteiger partial charge in [-0.25, -0.2) is 0 Å². The minimum absolute atomic E-state index is 0.213. The van der Waals surface area contributed by atoms with Crippen LogP contribution in [-0.4, -0.2) is 23.7 Å². The van der Waals surface area contributed by atoms with E-state index in [2.05, 4.69) is 0 Å². The van der Waals surface area contributed by atoms with E-state index in [1.807, 2.05) is 0 Å². The molecule has 1 saturated heterocycles. The first-order valence-corrected chi connectivity index (χ1v) is 2.17. The fraction of sp³-hybridized carbons (Fsp3) is 1.00. The molecular formula is C2H6B2O2. The smallest absolute Gasteiger partial charge is 0.401 e. The molecule has 32 valence electrons. The van der Waals surface area contributed by atoms with Gasteiger partial charge in [-0.05, 0) is 0 Å². The summed E-state index contributed by atoms with van der Waals surface area (Å²) in [6, 6.07) is 0. The van der Waals surface area contributed by atoms with Crippen LogP contribution in [0.3, 0.4) is 0 Å². The third kappa shape index (κ3) is 0.758. The first kappa shape index (κ1) is 4.22. The van der Waals surface area contributed by atoms with Gasteiger partial charge in [0.2, 0.25) is 0 Å². The molecule has 0 aromatic rings. The first-order chi connectivity index (χ1) is 2.80. The standard InChI is InChI=1S/C2H6B2O2/c5-4(6)3-1-2-3/h5-6H,1-2H2. The van der Waals surface area contributed by atoms with Gasteiger partial charge in [0, 0.05) is 0 Å². The van der Waals surface area contributed by atoms with Gasteiger partial charge < -0.3 is 10.0 Å². The minimum atomic E-state index is -1.04. The zero-order valence-corrected chi connectivity index (χ0v) is 3.46. The highest BCUT2D eigenvalue weighted by Crippen LogP contribution is 2.20. The van der Waals surface area contributed by atoms with E-state index in [0.717, 1.165) is 12.6 Å². The molecule has 1 aliphatic heterocycles. The van der Waals surface area contributed by atoms with Crippen LogP contribution in [0.15, 0.2) is 0 Å². The second-order valence-electron chi connectivity index (χ2n) is 1.75. The van der Waals surface area contributed by atoms with Gasteiger partial charge >= 0.3 is 7.01 Å². The minimum Gasteiger partial charge on any atom is -0.433 e. The molecule has 0 radical (unpaired) electrons. The summed E-state index contributed by atoms with van der Waals surface area (Å²) in [7, 11) is -1.04. The Morgan fingerprint density at radius 1 is 1.33 bits per heavy atom. The third-order valence-electron chi connectivity index (χ3n) is 1.04. The van der Waals surface area contributed by atoms with Crippen LogP contribution in [0.5, 0.6) is 0 Å². The number of hydrogen-bond acceptors (Lipinski definition) is 2. The van der Waals surface area contributed by atoms with Crippen molar-refractivity contribution in [2.45, 2.75) is 12.6 Å². The molecule has 1 aliphatic rings. The van der Waals surface area contributed by atoms with E-state index in [1.54, 1.807) is 0 Å². The molecule has 6 heavy (non-hydrogen) atoms. The van der Waals surface area contributed by atoms with Crippen molar-refractivity contribution in [2.24, 2.45) is 0 Å². The average molecular weight is 83.7 g/mol. The van der Waals surface area contributed by atoms with Crippen molar-refractivity contribution in [3.63, 3.8) is 0 Å². The van der Waals surface area contributed by atoms with Gasteiger partial charge in [0.25, 0.3) is 0 Å². The van der Waals surface area contributed by atoms with E-state index in [1.165, 1.54) is 0 Å². The highest BCUT2D eigenvalue weighted by atomic mass is 16.4. The Bertz CT molecular complexity index is 51.5. The highest BCUT2D eigenvalue weighted by molar-refractivity contribution is 7.20. The lowest BCUT2D eigenvalue weighted by atomic mass is 9.38. The maximum atomic E-state index is 8.25. The zero-order chi connectivity index (χ0) is 4.57. The molecule has 1 fully saturated rings. The summed E-state index contributed by atoms with van der Waals surface area (Å²) in [6.07, 6.45) is 2.00. The summed E-state index contributed by atoms with van der Waals surface area (Å²) in [5.74, 6) is 0. The molecule has 0 aromatic heterocycles. The van der Waals surface area contributed by atoms with Gasteiger partial charge in [-0.3, -0.25) is 0 Å². The van der Waals surface area contributed by atoms with Gasteiger partial charge in [-0.15, -0.1) is 0 Å². The van der Waals surface area contributed by atoms with Crippen LogP contribution >= 0.6 is 0 Å². The van der Waals surface area contributed by atoms with Gasteiger partial charge in [-0.2, -0.15) is 0 Å². The van der Waals surface area contributed by atoms with Crippen LogP contribution in [0.25, 0.3) is 0 Å². The van der Waals surface area contributed by atoms with Crippen molar-refractivity contribution < 1.29 is 10.0 Å². The zero-order valence-electron chi connectivity index (χ0n) is 3.46. The predicted molar refractivity (Wildman–Crippen MR) is 25.6 cm³/mol. The molecule has 1 heterocycles. The fourth-order valence-corrected chi connectivity index (χ4v) is 0.394. The molecule has 2 nitrogen and oxygen atoms in total. The molecule has 0 atom stereocenters. The Morgan fingerprint density at radius 2 is 1.83 bits per heavy atom. The van der Waals surface area contributed by atoms with Crippen molar-refractivity contribution in [2.75, 3.05) is 0 Å². The van der Waals surface area contributed by atoms with Crippen molar-refractivity contribution in [1.29, 1.82) is 0 Å². The molecule has 0 amide bonds. The van der Waals surface area contributed by atoms with Crippen LogP contribution in [0, 0.1) is 0 Å². The second kappa shape index (κ2) is 1.28. The Morgan fingerprint density at radius 3 is 1.83 bits per heavy atom. The van der Waals surface area contributed by atoms with Crippen LogP contribution in [0.2, 0.25) is 12.6 Å². The molecular weight excluding hydrogens is 77.6 g/mol. The summed E-state index contributed by atoms with van der Waals surface area (Å²) < 4.78 is 0. The van der Waals surface area contributed by atoms with Crippen LogP contribution < -0.4 is 0 Å². The predicted octanol–water partition coefficient (Wildman–Crippen LogP) is -0.954. The van der Waals surface area contributed by atoms with Crippen LogP contribution in [0.4, 0.5) is 0 Å². The Balaban J connectivity index is 2.13. The second-order valence-corrected chi connectivity index (χ2v) is 1.75. The normalized spacial score (nSPS) is 18.0. The Labute approximate surface area is 37.4 Å². The molecule has 2 N–H and O–H groups in total. The van der Waals surface area contributed by atoms with E-state index >= 15 is 0 Å². The number of rotatable bonds is 1. The summed E-state index contributed by atoms with van der Waals surface area (Å²) in [6.45, 7) is 0.213. The first-order valence-electron chi connectivity index (χ1n) is 2.17. The summed E-state index contributed by atoms with van der Waals surface area (Å²) in [5.41, 5.74) is 0. The van der Waals surface area contributed by atoms with E-state index in [0.29, 0.717) is 0 Å². The summed E-state index contributed by atoms with van der Waals surface area (Å²) in [4.78, 5) is 0. The lowest BCUT2D eigenvalue weighted by molar-refractivity contribution is 0.433.